The summed E-state index contributed by atoms with van der Waals surface area (Å²) in [5.74, 6) is 1.40. The minimum absolute atomic E-state index is 0.110. The highest BCUT2D eigenvalue weighted by molar-refractivity contribution is 9.10. The van der Waals surface area contributed by atoms with E-state index in [-0.39, 0.29) is 5.92 Å². The van der Waals surface area contributed by atoms with Crippen LogP contribution in [0.2, 0.25) is 0 Å². The molecule has 0 saturated heterocycles. The van der Waals surface area contributed by atoms with E-state index in [9.17, 15) is 4.79 Å². The first-order chi connectivity index (χ1) is 11.1. The van der Waals surface area contributed by atoms with Crippen molar-refractivity contribution in [3.05, 3.63) is 33.8 Å². The van der Waals surface area contributed by atoms with Crippen molar-refractivity contribution >= 4 is 22.2 Å². The van der Waals surface area contributed by atoms with Gasteiger partial charge in [0.2, 0.25) is 0 Å². The van der Waals surface area contributed by atoms with E-state index in [4.69, 9.17) is 0 Å². The van der Waals surface area contributed by atoms with E-state index >= 15 is 0 Å². The van der Waals surface area contributed by atoms with Crippen molar-refractivity contribution in [3.8, 4) is 0 Å². The molecule has 0 amide bonds. The SMILES string of the molecule is CCC[C@@H](CC)CC1Cc2ccc(Br)cc2C1C=O.CCOC. The van der Waals surface area contributed by atoms with Gasteiger partial charge in [-0.1, -0.05) is 55.1 Å². The number of halogens is 1. The van der Waals surface area contributed by atoms with Crippen molar-refractivity contribution in [3.63, 3.8) is 0 Å². The predicted octanol–water partition coefficient (Wildman–Crippen LogP) is 5.77. The Labute approximate surface area is 150 Å². The van der Waals surface area contributed by atoms with Crippen LogP contribution in [0, 0.1) is 11.8 Å². The summed E-state index contributed by atoms with van der Waals surface area (Å²) in [7, 11) is 1.68. The molecule has 23 heavy (non-hydrogen) atoms. The maximum atomic E-state index is 11.5. The molecule has 3 atom stereocenters. The Kier molecular flexibility index (Phi) is 9.73. The number of carbonyl (C=O) groups is 1. The smallest absolute Gasteiger partial charge is 0.127 e. The van der Waals surface area contributed by atoms with Crippen molar-refractivity contribution in [1.29, 1.82) is 0 Å². The quantitative estimate of drug-likeness (QED) is 0.559. The van der Waals surface area contributed by atoms with Crippen molar-refractivity contribution in [2.24, 2.45) is 11.8 Å². The number of hydrogen-bond acceptors (Lipinski definition) is 2. The Morgan fingerprint density at radius 1 is 1.35 bits per heavy atom. The minimum atomic E-state index is 0.110. The third-order valence-electron chi connectivity index (χ3n) is 4.80. The molecule has 0 saturated carbocycles. The predicted molar refractivity (Wildman–Crippen MR) is 101 cm³/mol. The molecule has 0 aliphatic heterocycles. The van der Waals surface area contributed by atoms with E-state index in [2.05, 4.69) is 52.7 Å². The Bertz CT molecular complexity index is 471. The topological polar surface area (TPSA) is 26.3 Å². The second-order valence-corrected chi connectivity index (χ2v) is 7.26. The van der Waals surface area contributed by atoms with Crippen LogP contribution in [0.4, 0.5) is 0 Å². The third kappa shape index (κ3) is 6.04. The van der Waals surface area contributed by atoms with Crippen molar-refractivity contribution < 1.29 is 9.53 Å². The van der Waals surface area contributed by atoms with Crippen LogP contribution in [0.3, 0.4) is 0 Å². The normalized spacial score (nSPS) is 20.4. The van der Waals surface area contributed by atoms with Gasteiger partial charge in [0.1, 0.15) is 6.29 Å². The first kappa shape index (κ1) is 20.4. The van der Waals surface area contributed by atoms with E-state index in [1.54, 1.807) is 7.11 Å². The van der Waals surface area contributed by atoms with Gasteiger partial charge in [0.25, 0.3) is 0 Å². The minimum Gasteiger partial charge on any atom is -0.385 e. The first-order valence-corrected chi connectivity index (χ1v) is 9.62. The van der Waals surface area contributed by atoms with Gasteiger partial charge in [0.15, 0.2) is 0 Å². The molecule has 1 aliphatic rings. The molecule has 0 bridgehead atoms. The lowest BCUT2D eigenvalue weighted by Gasteiger charge is -2.21. The van der Waals surface area contributed by atoms with Gasteiger partial charge in [-0.15, -0.1) is 0 Å². The number of methoxy groups -OCH3 is 1. The third-order valence-corrected chi connectivity index (χ3v) is 5.30. The van der Waals surface area contributed by atoms with Crippen molar-refractivity contribution in [2.75, 3.05) is 13.7 Å². The summed E-state index contributed by atoms with van der Waals surface area (Å²) in [5, 5.41) is 0. The highest BCUT2D eigenvalue weighted by Gasteiger charge is 2.33. The molecule has 1 aromatic carbocycles. The highest BCUT2D eigenvalue weighted by Crippen LogP contribution is 2.42. The summed E-state index contributed by atoms with van der Waals surface area (Å²) in [6.45, 7) is 7.30. The zero-order valence-corrected chi connectivity index (χ0v) is 16.6. The van der Waals surface area contributed by atoms with Crippen LogP contribution < -0.4 is 0 Å². The number of ether oxygens (including phenoxy) is 1. The zero-order valence-electron chi connectivity index (χ0n) is 15.0. The van der Waals surface area contributed by atoms with Crippen LogP contribution in [0.25, 0.3) is 0 Å². The van der Waals surface area contributed by atoms with Gasteiger partial charge in [0, 0.05) is 24.1 Å². The first-order valence-electron chi connectivity index (χ1n) is 8.83. The van der Waals surface area contributed by atoms with Crippen LogP contribution in [0.5, 0.6) is 0 Å². The summed E-state index contributed by atoms with van der Waals surface area (Å²) >= 11 is 3.51. The lowest BCUT2D eigenvalue weighted by Crippen LogP contribution is -2.14. The number of aldehydes is 1. The maximum absolute atomic E-state index is 11.5. The largest absolute Gasteiger partial charge is 0.385 e. The van der Waals surface area contributed by atoms with Gasteiger partial charge in [0.05, 0.1) is 0 Å². The molecule has 0 aromatic heterocycles. The van der Waals surface area contributed by atoms with E-state index in [0.717, 1.165) is 23.4 Å². The lowest BCUT2D eigenvalue weighted by molar-refractivity contribution is -0.110. The summed E-state index contributed by atoms with van der Waals surface area (Å²) in [4.78, 5) is 11.5. The number of carbonyl (C=O) groups excluding carboxylic acids is 1. The van der Waals surface area contributed by atoms with Crippen molar-refractivity contribution in [1.82, 2.24) is 0 Å². The van der Waals surface area contributed by atoms with Gasteiger partial charge in [-0.25, -0.2) is 0 Å². The van der Waals surface area contributed by atoms with Crippen LogP contribution >= 0.6 is 15.9 Å². The fourth-order valence-corrected chi connectivity index (χ4v) is 3.84. The highest BCUT2D eigenvalue weighted by atomic mass is 79.9. The van der Waals surface area contributed by atoms with Gasteiger partial charge in [-0.2, -0.15) is 0 Å². The summed E-state index contributed by atoms with van der Waals surface area (Å²) < 4.78 is 5.62. The van der Waals surface area contributed by atoms with Crippen LogP contribution in [-0.2, 0) is 16.0 Å². The van der Waals surface area contributed by atoms with E-state index in [1.807, 2.05) is 6.92 Å². The zero-order chi connectivity index (χ0) is 17.2. The summed E-state index contributed by atoms with van der Waals surface area (Å²) in [6.07, 6.45) is 7.21. The Morgan fingerprint density at radius 2 is 2.04 bits per heavy atom. The molecule has 3 heteroatoms. The van der Waals surface area contributed by atoms with Crippen molar-refractivity contribution in [2.45, 2.75) is 58.8 Å². The molecule has 0 heterocycles. The fourth-order valence-electron chi connectivity index (χ4n) is 3.46. The molecule has 2 nitrogen and oxygen atoms in total. The molecule has 2 unspecified atom stereocenters. The molecular formula is C20H31BrO2. The van der Waals surface area contributed by atoms with E-state index in [0.29, 0.717) is 5.92 Å². The molecule has 130 valence electrons. The van der Waals surface area contributed by atoms with E-state index < -0.39 is 0 Å². The van der Waals surface area contributed by atoms with Gasteiger partial charge < -0.3 is 9.53 Å². The second kappa shape index (κ2) is 11.0. The Balaban J connectivity index is 0.000000593. The molecule has 0 spiro atoms. The van der Waals surface area contributed by atoms with E-state index in [1.165, 1.54) is 43.1 Å². The molecule has 1 aliphatic carbocycles. The van der Waals surface area contributed by atoms with Crippen LogP contribution in [0.1, 0.15) is 63.5 Å². The van der Waals surface area contributed by atoms with Gasteiger partial charge in [-0.05, 0) is 54.9 Å². The molecule has 0 fully saturated rings. The molecule has 0 radical (unpaired) electrons. The summed E-state index contributed by atoms with van der Waals surface area (Å²) in [5.41, 5.74) is 2.62. The Hall–Kier alpha value is -0.670. The Morgan fingerprint density at radius 3 is 2.57 bits per heavy atom. The fraction of sp³-hybridized carbons (Fsp3) is 0.650. The number of fused-ring (bicyclic) bond motifs is 1. The maximum Gasteiger partial charge on any atom is 0.127 e. The number of hydrogen-bond donors (Lipinski definition) is 0. The summed E-state index contributed by atoms with van der Waals surface area (Å²) in [6, 6.07) is 6.40. The second-order valence-electron chi connectivity index (χ2n) is 6.35. The molecule has 1 aromatic rings. The molecule has 0 N–H and O–H groups in total. The van der Waals surface area contributed by atoms with Gasteiger partial charge in [-0.3, -0.25) is 0 Å². The standard InChI is InChI=1S/C17H23BrO.C3H8O/c1-3-5-12(4-2)8-14-9-13-6-7-15(18)10-16(13)17(14)11-19;1-3-4-2/h6-7,10-12,14,17H,3-5,8-9H2,1-2H3;3H2,1-2H3/t12-,14?,17?;/m1./s1. The van der Waals surface area contributed by atoms with Crippen LogP contribution in [0.15, 0.2) is 22.7 Å². The average Bonchev–Trinajstić information content (AvgIpc) is 2.90. The van der Waals surface area contributed by atoms with Gasteiger partial charge >= 0.3 is 0 Å². The molecule has 2 rings (SSSR count). The number of benzene rings is 1. The average molecular weight is 383 g/mol. The monoisotopic (exact) mass is 382 g/mol. The molecular weight excluding hydrogens is 352 g/mol. The van der Waals surface area contributed by atoms with Crippen LogP contribution in [-0.4, -0.2) is 20.0 Å². The number of rotatable bonds is 7. The lowest BCUT2D eigenvalue weighted by atomic mass is 9.83.